The fourth-order valence-corrected chi connectivity index (χ4v) is 3.03. The van der Waals surface area contributed by atoms with Crippen molar-refractivity contribution < 1.29 is 9.21 Å². The normalized spacial score (nSPS) is 18.1. The summed E-state index contributed by atoms with van der Waals surface area (Å²) in [6, 6.07) is 5.90. The Kier molecular flexibility index (Phi) is 4.02. The van der Waals surface area contributed by atoms with E-state index in [1.165, 1.54) is 0 Å². The Morgan fingerprint density at radius 3 is 3.05 bits per heavy atom. The highest BCUT2D eigenvalue weighted by molar-refractivity contribution is 7.08. The first kappa shape index (κ1) is 13.2. The van der Waals surface area contributed by atoms with Crippen molar-refractivity contribution in [3.05, 3.63) is 46.9 Å². The number of amides is 1. The van der Waals surface area contributed by atoms with Crippen LogP contribution in [0.2, 0.25) is 0 Å². The molecule has 0 radical (unpaired) electrons. The average molecular weight is 287 g/mol. The van der Waals surface area contributed by atoms with E-state index in [2.05, 4.69) is 22.8 Å². The maximum atomic E-state index is 12.0. The van der Waals surface area contributed by atoms with Crippen LogP contribution < -0.4 is 5.32 Å². The molecule has 3 rings (SSSR count). The maximum absolute atomic E-state index is 12.0. The summed E-state index contributed by atoms with van der Waals surface area (Å²) in [6.07, 6.45) is 7.03. The quantitative estimate of drug-likeness (QED) is 0.864. The van der Waals surface area contributed by atoms with Crippen LogP contribution in [0.1, 0.15) is 25.0 Å². The third-order valence-corrected chi connectivity index (χ3v) is 4.23. The van der Waals surface area contributed by atoms with Crippen LogP contribution in [-0.4, -0.2) is 5.91 Å². The molecule has 1 N–H and O–H groups in total. The lowest BCUT2D eigenvalue weighted by atomic mass is 9.94. The molecule has 1 aliphatic rings. The van der Waals surface area contributed by atoms with Crippen LogP contribution in [0.3, 0.4) is 0 Å². The largest absolute Gasteiger partial charge is 0.459 e. The highest BCUT2D eigenvalue weighted by Crippen LogP contribution is 2.24. The van der Waals surface area contributed by atoms with Gasteiger partial charge in [-0.05, 0) is 42.8 Å². The Labute approximate surface area is 122 Å². The van der Waals surface area contributed by atoms with Crippen LogP contribution in [0.25, 0.3) is 11.3 Å². The number of nitrogens with one attached hydrogen (secondary N) is 1. The van der Waals surface area contributed by atoms with Crippen LogP contribution in [0.15, 0.2) is 45.5 Å². The summed E-state index contributed by atoms with van der Waals surface area (Å²) in [7, 11) is 0. The number of carbonyl (C=O) groups is 1. The smallest absolute Gasteiger partial charge is 0.223 e. The van der Waals surface area contributed by atoms with Crippen molar-refractivity contribution in [2.24, 2.45) is 5.92 Å². The average Bonchev–Trinajstić information content (AvgIpc) is 3.16. The van der Waals surface area contributed by atoms with Gasteiger partial charge in [0, 0.05) is 16.9 Å². The first-order chi connectivity index (χ1) is 9.83. The van der Waals surface area contributed by atoms with Crippen molar-refractivity contribution in [2.45, 2.75) is 25.8 Å². The topological polar surface area (TPSA) is 42.2 Å². The zero-order chi connectivity index (χ0) is 13.8. The standard InChI is InChI=1S/C16H17NO2S/c18-16(12-4-2-1-3-5-12)17-10-14-6-7-15(19-14)13-8-9-20-11-13/h1-2,6-9,11-12H,3-5,10H2,(H,17,18). The summed E-state index contributed by atoms with van der Waals surface area (Å²) >= 11 is 1.64. The predicted octanol–water partition coefficient (Wildman–Crippen LogP) is 3.98. The number of thiophene rings is 1. The van der Waals surface area contributed by atoms with Gasteiger partial charge < -0.3 is 9.73 Å². The first-order valence-corrected chi connectivity index (χ1v) is 7.81. The summed E-state index contributed by atoms with van der Waals surface area (Å²) in [5, 5.41) is 7.04. The Morgan fingerprint density at radius 1 is 1.35 bits per heavy atom. The minimum Gasteiger partial charge on any atom is -0.459 e. The third-order valence-electron chi connectivity index (χ3n) is 3.54. The van der Waals surface area contributed by atoms with Gasteiger partial charge in [-0.2, -0.15) is 11.3 Å². The number of carbonyl (C=O) groups excluding carboxylic acids is 1. The number of rotatable bonds is 4. The van der Waals surface area contributed by atoms with Gasteiger partial charge in [-0.1, -0.05) is 12.2 Å². The summed E-state index contributed by atoms with van der Waals surface area (Å²) in [4.78, 5) is 12.0. The summed E-state index contributed by atoms with van der Waals surface area (Å²) in [5.41, 5.74) is 1.09. The highest BCUT2D eigenvalue weighted by Gasteiger charge is 2.18. The van der Waals surface area contributed by atoms with Crippen LogP contribution in [-0.2, 0) is 11.3 Å². The van der Waals surface area contributed by atoms with Gasteiger partial charge in [0.1, 0.15) is 11.5 Å². The molecule has 20 heavy (non-hydrogen) atoms. The fourth-order valence-electron chi connectivity index (χ4n) is 2.38. The lowest BCUT2D eigenvalue weighted by Gasteiger charge is -2.16. The molecule has 1 aliphatic carbocycles. The minimum atomic E-state index is 0.117. The molecule has 0 aromatic carbocycles. The lowest BCUT2D eigenvalue weighted by Crippen LogP contribution is -2.30. The molecular weight excluding hydrogens is 270 g/mol. The molecule has 0 spiro atoms. The van der Waals surface area contributed by atoms with Gasteiger partial charge >= 0.3 is 0 Å². The molecule has 1 unspecified atom stereocenters. The third kappa shape index (κ3) is 3.02. The Bertz CT molecular complexity index is 598. The lowest BCUT2D eigenvalue weighted by molar-refractivity contribution is -0.125. The van der Waals surface area contributed by atoms with Gasteiger partial charge in [0.05, 0.1) is 6.54 Å². The minimum absolute atomic E-state index is 0.117. The first-order valence-electron chi connectivity index (χ1n) is 6.87. The molecule has 4 heteroatoms. The maximum Gasteiger partial charge on any atom is 0.223 e. The summed E-state index contributed by atoms with van der Waals surface area (Å²) < 4.78 is 5.74. The van der Waals surface area contributed by atoms with E-state index in [0.29, 0.717) is 6.54 Å². The Morgan fingerprint density at radius 2 is 2.30 bits per heavy atom. The fraction of sp³-hybridized carbons (Fsp3) is 0.312. The van der Waals surface area contributed by atoms with E-state index in [-0.39, 0.29) is 11.8 Å². The molecule has 0 fully saturated rings. The zero-order valence-electron chi connectivity index (χ0n) is 11.2. The van der Waals surface area contributed by atoms with E-state index in [0.717, 1.165) is 36.3 Å². The van der Waals surface area contributed by atoms with Crippen molar-refractivity contribution in [3.8, 4) is 11.3 Å². The molecule has 3 nitrogen and oxygen atoms in total. The van der Waals surface area contributed by atoms with Crippen molar-refractivity contribution >= 4 is 17.2 Å². The molecule has 2 aromatic heterocycles. The van der Waals surface area contributed by atoms with Crippen LogP contribution in [0, 0.1) is 5.92 Å². The highest BCUT2D eigenvalue weighted by atomic mass is 32.1. The van der Waals surface area contributed by atoms with Gasteiger partial charge in [0.2, 0.25) is 5.91 Å². The molecule has 2 aromatic rings. The Hall–Kier alpha value is -1.81. The van der Waals surface area contributed by atoms with Crippen LogP contribution in [0.5, 0.6) is 0 Å². The second-order valence-electron chi connectivity index (χ2n) is 4.98. The van der Waals surface area contributed by atoms with Gasteiger partial charge in [0.15, 0.2) is 0 Å². The predicted molar refractivity (Wildman–Crippen MR) is 80.3 cm³/mol. The molecule has 1 atom stereocenters. The molecular formula is C16H17NO2S. The van der Waals surface area contributed by atoms with E-state index in [4.69, 9.17) is 4.42 Å². The number of allylic oxidation sites excluding steroid dienone is 2. The van der Waals surface area contributed by atoms with E-state index in [9.17, 15) is 4.79 Å². The summed E-state index contributed by atoms with van der Waals surface area (Å²) in [6.45, 7) is 0.461. The molecule has 0 saturated carbocycles. The molecule has 0 bridgehead atoms. The second kappa shape index (κ2) is 6.09. The van der Waals surface area contributed by atoms with E-state index < -0.39 is 0 Å². The van der Waals surface area contributed by atoms with Crippen molar-refractivity contribution in [1.82, 2.24) is 5.32 Å². The summed E-state index contributed by atoms with van der Waals surface area (Å²) in [5.74, 6) is 1.90. The molecule has 0 aliphatic heterocycles. The number of hydrogen-bond acceptors (Lipinski definition) is 3. The SMILES string of the molecule is O=C(NCc1ccc(-c2ccsc2)o1)C1CC=CCC1. The molecule has 0 saturated heterocycles. The van der Waals surface area contributed by atoms with Gasteiger partial charge in [-0.15, -0.1) is 0 Å². The van der Waals surface area contributed by atoms with Crippen molar-refractivity contribution in [1.29, 1.82) is 0 Å². The van der Waals surface area contributed by atoms with Crippen LogP contribution >= 0.6 is 11.3 Å². The van der Waals surface area contributed by atoms with Crippen LogP contribution in [0.4, 0.5) is 0 Å². The van der Waals surface area contributed by atoms with E-state index in [1.807, 2.05) is 23.6 Å². The van der Waals surface area contributed by atoms with Gasteiger partial charge in [-0.3, -0.25) is 4.79 Å². The monoisotopic (exact) mass is 287 g/mol. The van der Waals surface area contributed by atoms with Crippen molar-refractivity contribution in [3.63, 3.8) is 0 Å². The molecule has 1 amide bonds. The molecule has 2 heterocycles. The van der Waals surface area contributed by atoms with E-state index in [1.54, 1.807) is 11.3 Å². The van der Waals surface area contributed by atoms with Gasteiger partial charge in [-0.25, -0.2) is 0 Å². The number of furan rings is 1. The zero-order valence-corrected chi connectivity index (χ0v) is 12.0. The second-order valence-corrected chi connectivity index (χ2v) is 5.76. The number of hydrogen-bond donors (Lipinski definition) is 1. The Balaban J connectivity index is 1.56. The molecule has 104 valence electrons. The van der Waals surface area contributed by atoms with Crippen molar-refractivity contribution in [2.75, 3.05) is 0 Å². The van der Waals surface area contributed by atoms with Gasteiger partial charge in [0.25, 0.3) is 0 Å². The van der Waals surface area contributed by atoms with E-state index >= 15 is 0 Å².